The summed E-state index contributed by atoms with van der Waals surface area (Å²) in [5.74, 6) is 0.221. The van der Waals surface area contributed by atoms with Gasteiger partial charge in [0.05, 0.1) is 9.21 Å². The topological polar surface area (TPSA) is 29.1 Å². The predicted octanol–water partition coefficient (Wildman–Crippen LogP) is 3.90. The number of rotatable bonds is 4. The molecule has 94 valence electrons. The zero-order valence-electron chi connectivity index (χ0n) is 10.1. The molecule has 0 spiro atoms. The van der Waals surface area contributed by atoms with Crippen LogP contribution in [0.5, 0.6) is 0 Å². The van der Waals surface area contributed by atoms with Gasteiger partial charge in [0.2, 0.25) is 0 Å². The lowest BCUT2D eigenvalue weighted by Crippen LogP contribution is -2.46. The first-order chi connectivity index (χ1) is 8.15. The Balaban J connectivity index is 2.05. The normalized spacial score (nSPS) is 19.2. The fourth-order valence-corrected chi connectivity index (χ4v) is 3.58. The van der Waals surface area contributed by atoms with E-state index in [9.17, 15) is 4.79 Å². The third-order valence-electron chi connectivity index (χ3n) is 3.69. The molecule has 1 aliphatic carbocycles. The number of thiophene rings is 1. The molecule has 4 heteroatoms. The molecule has 1 saturated carbocycles. The van der Waals surface area contributed by atoms with Gasteiger partial charge in [0.1, 0.15) is 0 Å². The second-order valence-corrected chi connectivity index (χ2v) is 6.51. The maximum Gasteiger partial charge on any atom is 0.174 e. The average molecular weight is 272 g/mol. The van der Waals surface area contributed by atoms with Gasteiger partial charge in [-0.05, 0) is 32.0 Å². The first-order valence-corrected chi connectivity index (χ1v) is 7.32. The minimum Gasteiger partial charge on any atom is -0.314 e. The van der Waals surface area contributed by atoms with Crippen LogP contribution < -0.4 is 5.32 Å². The molecule has 1 N–H and O–H groups in total. The monoisotopic (exact) mass is 271 g/mol. The molecular weight excluding hydrogens is 254 g/mol. The van der Waals surface area contributed by atoms with Crippen molar-refractivity contribution in [2.45, 2.75) is 44.1 Å². The summed E-state index contributed by atoms with van der Waals surface area (Å²) < 4.78 is 0.690. The maximum absolute atomic E-state index is 12.2. The minimum atomic E-state index is 0.0196. The van der Waals surface area contributed by atoms with Crippen molar-refractivity contribution in [1.29, 1.82) is 0 Å². The molecule has 2 rings (SSSR count). The van der Waals surface area contributed by atoms with Gasteiger partial charge in [-0.15, -0.1) is 11.3 Å². The van der Waals surface area contributed by atoms with Crippen LogP contribution in [0.25, 0.3) is 0 Å². The molecule has 0 saturated heterocycles. The van der Waals surface area contributed by atoms with Gasteiger partial charge in [0, 0.05) is 12.0 Å². The summed E-state index contributed by atoms with van der Waals surface area (Å²) in [6, 6.07) is 3.63. The standard InChI is InChI=1S/C13H18ClNOS/c1-15-13(7-3-2-4-8-13)9-10(16)11-5-6-12(14)17-11/h5-6,15H,2-4,7-9H2,1H3. The van der Waals surface area contributed by atoms with Crippen LogP contribution >= 0.6 is 22.9 Å². The molecule has 0 radical (unpaired) electrons. The van der Waals surface area contributed by atoms with Crippen molar-refractivity contribution in [3.63, 3.8) is 0 Å². The van der Waals surface area contributed by atoms with Crippen LogP contribution in [0.2, 0.25) is 4.34 Å². The molecule has 0 unspecified atom stereocenters. The Bertz CT molecular complexity index is 396. The first kappa shape index (κ1) is 13.1. The van der Waals surface area contributed by atoms with E-state index >= 15 is 0 Å². The number of hydrogen-bond donors (Lipinski definition) is 1. The van der Waals surface area contributed by atoms with E-state index in [0.717, 1.165) is 17.7 Å². The summed E-state index contributed by atoms with van der Waals surface area (Å²) in [5.41, 5.74) is 0.0196. The van der Waals surface area contributed by atoms with Crippen LogP contribution in [0, 0.1) is 0 Å². The molecule has 1 aliphatic rings. The molecule has 1 aromatic heterocycles. The number of hydrogen-bond acceptors (Lipinski definition) is 3. The van der Waals surface area contributed by atoms with Crippen molar-refractivity contribution in [1.82, 2.24) is 5.32 Å². The molecule has 2 nitrogen and oxygen atoms in total. The molecule has 1 aromatic rings. The number of nitrogens with one attached hydrogen (secondary N) is 1. The Morgan fingerprint density at radius 1 is 1.41 bits per heavy atom. The van der Waals surface area contributed by atoms with Crippen LogP contribution in [-0.4, -0.2) is 18.4 Å². The minimum absolute atomic E-state index is 0.0196. The summed E-state index contributed by atoms with van der Waals surface area (Å²) in [7, 11) is 1.97. The molecule has 0 amide bonds. The van der Waals surface area contributed by atoms with Gasteiger partial charge in [-0.1, -0.05) is 30.9 Å². The highest BCUT2D eigenvalue weighted by Gasteiger charge is 2.33. The molecule has 0 bridgehead atoms. The van der Waals surface area contributed by atoms with E-state index in [4.69, 9.17) is 11.6 Å². The van der Waals surface area contributed by atoms with Crippen LogP contribution in [0.1, 0.15) is 48.2 Å². The van der Waals surface area contributed by atoms with Crippen LogP contribution in [0.4, 0.5) is 0 Å². The third kappa shape index (κ3) is 3.09. The van der Waals surface area contributed by atoms with E-state index in [0.29, 0.717) is 10.8 Å². The molecule has 1 fully saturated rings. The molecule has 0 aromatic carbocycles. The average Bonchev–Trinajstić information content (AvgIpc) is 2.77. The number of ketones is 1. The molecule has 1 heterocycles. The number of halogens is 1. The Morgan fingerprint density at radius 2 is 2.12 bits per heavy atom. The van der Waals surface area contributed by atoms with Gasteiger partial charge in [-0.25, -0.2) is 0 Å². The van der Waals surface area contributed by atoms with Crippen molar-refractivity contribution in [2.24, 2.45) is 0 Å². The fourth-order valence-electron chi connectivity index (χ4n) is 2.60. The summed E-state index contributed by atoms with van der Waals surface area (Å²) in [5, 5.41) is 3.38. The van der Waals surface area contributed by atoms with E-state index in [1.807, 2.05) is 13.1 Å². The SMILES string of the molecule is CNC1(CC(=O)c2ccc(Cl)s2)CCCCC1. The van der Waals surface area contributed by atoms with Gasteiger partial charge in [0.15, 0.2) is 5.78 Å². The number of Topliss-reactive ketones (excluding diaryl/α,β-unsaturated/α-hetero) is 1. The van der Waals surface area contributed by atoms with Crippen LogP contribution in [0.15, 0.2) is 12.1 Å². The van der Waals surface area contributed by atoms with Crippen molar-refractivity contribution in [2.75, 3.05) is 7.05 Å². The number of carbonyl (C=O) groups excluding carboxylic acids is 1. The lowest BCUT2D eigenvalue weighted by Gasteiger charge is -2.36. The second kappa shape index (κ2) is 5.51. The summed E-state index contributed by atoms with van der Waals surface area (Å²) in [6.45, 7) is 0. The highest BCUT2D eigenvalue weighted by molar-refractivity contribution is 7.18. The first-order valence-electron chi connectivity index (χ1n) is 6.13. The Labute approximate surface area is 111 Å². The van der Waals surface area contributed by atoms with Gasteiger partial charge < -0.3 is 5.32 Å². The van der Waals surface area contributed by atoms with E-state index < -0.39 is 0 Å². The highest BCUT2D eigenvalue weighted by Crippen LogP contribution is 2.33. The third-order valence-corrected chi connectivity index (χ3v) is 4.96. The van der Waals surface area contributed by atoms with Crippen molar-refractivity contribution in [3.05, 3.63) is 21.3 Å². The van der Waals surface area contributed by atoms with Gasteiger partial charge in [0.25, 0.3) is 0 Å². The van der Waals surface area contributed by atoms with E-state index in [2.05, 4.69) is 5.32 Å². The summed E-state index contributed by atoms with van der Waals surface area (Å²) >= 11 is 7.25. The molecule has 0 atom stereocenters. The van der Waals surface area contributed by atoms with Crippen LogP contribution in [-0.2, 0) is 0 Å². The Kier molecular flexibility index (Phi) is 4.23. The van der Waals surface area contributed by atoms with Gasteiger partial charge in [-0.2, -0.15) is 0 Å². The highest BCUT2D eigenvalue weighted by atomic mass is 35.5. The largest absolute Gasteiger partial charge is 0.314 e. The Hall–Kier alpha value is -0.380. The smallest absolute Gasteiger partial charge is 0.174 e. The lowest BCUT2D eigenvalue weighted by atomic mass is 9.78. The summed E-state index contributed by atoms with van der Waals surface area (Å²) in [6.07, 6.45) is 6.55. The fraction of sp³-hybridized carbons (Fsp3) is 0.615. The zero-order valence-corrected chi connectivity index (χ0v) is 11.7. The van der Waals surface area contributed by atoms with E-state index in [1.165, 1.54) is 30.6 Å². The second-order valence-electron chi connectivity index (χ2n) is 4.79. The lowest BCUT2D eigenvalue weighted by molar-refractivity contribution is 0.0919. The Morgan fingerprint density at radius 3 is 2.65 bits per heavy atom. The quantitative estimate of drug-likeness (QED) is 0.842. The number of carbonyl (C=O) groups is 1. The van der Waals surface area contributed by atoms with Crippen molar-refractivity contribution < 1.29 is 4.79 Å². The van der Waals surface area contributed by atoms with E-state index in [-0.39, 0.29) is 11.3 Å². The zero-order chi connectivity index (χ0) is 12.3. The molecule has 0 aliphatic heterocycles. The maximum atomic E-state index is 12.2. The molecular formula is C13H18ClNOS. The predicted molar refractivity (Wildman–Crippen MR) is 73.2 cm³/mol. The summed E-state index contributed by atoms with van der Waals surface area (Å²) in [4.78, 5) is 13.0. The van der Waals surface area contributed by atoms with Crippen molar-refractivity contribution in [3.8, 4) is 0 Å². The van der Waals surface area contributed by atoms with Crippen LogP contribution in [0.3, 0.4) is 0 Å². The van der Waals surface area contributed by atoms with Gasteiger partial charge in [-0.3, -0.25) is 4.79 Å². The molecule has 17 heavy (non-hydrogen) atoms. The van der Waals surface area contributed by atoms with Crippen molar-refractivity contribution >= 4 is 28.7 Å². The van der Waals surface area contributed by atoms with Gasteiger partial charge >= 0.3 is 0 Å². The van der Waals surface area contributed by atoms with E-state index in [1.54, 1.807) is 6.07 Å².